The number of nitrogens with two attached hydrogens (primary N) is 1. The quantitative estimate of drug-likeness (QED) is 0.172. The molecule has 72 valence electrons. The average Bonchev–Trinajstić information content (AvgIpc) is 2.11. The van der Waals surface area contributed by atoms with Crippen LogP contribution in [-0.4, -0.2) is 32.8 Å². The second-order valence-corrected chi connectivity index (χ2v) is 2.29. The van der Waals surface area contributed by atoms with Crippen LogP contribution >= 0.6 is 0 Å². The van der Waals surface area contributed by atoms with Crippen LogP contribution in [0.4, 0.5) is 0 Å². The van der Waals surface area contributed by atoms with E-state index in [-0.39, 0.29) is 0 Å². The van der Waals surface area contributed by atoms with Crippen molar-refractivity contribution in [3.05, 3.63) is 0 Å². The Labute approximate surface area is 73.3 Å². The van der Waals surface area contributed by atoms with Crippen molar-refractivity contribution >= 4 is 5.96 Å². The molecule has 12 heavy (non-hydrogen) atoms. The lowest BCUT2D eigenvalue weighted by Crippen LogP contribution is -2.42. The molecule has 0 aliphatic rings. The summed E-state index contributed by atoms with van der Waals surface area (Å²) in [6, 6.07) is 0. The zero-order chi connectivity index (χ0) is 9.23. The highest BCUT2D eigenvalue weighted by molar-refractivity contribution is 5.79. The molecule has 0 unspecified atom stereocenters. The lowest BCUT2D eigenvalue weighted by molar-refractivity contribution is 0.203. The van der Waals surface area contributed by atoms with E-state index in [2.05, 4.69) is 22.7 Å². The molecule has 0 spiro atoms. The molecule has 0 aliphatic carbocycles. The van der Waals surface area contributed by atoms with E-state index in [0.29, 0.717) is 19.1 Å². The van der Waals surface area contributed by atoms with Crippen LogP contribution in [0.5, 0.6) is 0 Å². The van der Waals surface area contributed by atoms with E-state index >= 15 is 0 Å². The molecular weight excluding hydrogens is 156 g/mol. The van der Waals surface area contributed by atoms with Crippen LogP contribution in [0.3, 0.4) is 0 Å². The first-order valence-electron chi connectivity index (χ1n) is 4.09. The molecule has 5 nitrogen and oxygen atoms in total. The summed E-state index contributed by atoms with van der Waals surface area (Å²) in [5.74, 6) is 5.83. The van der Waals surface area contributed by atoms with Gasteiger partial charge in [-0.1, -0.05) is 6.92 Å². The topological polar surface area (TPSA) is 71.7 Å². The van der Waals surface area contributed by atoms with Crippen molar-refractivity contribution < 1.29 is 4.74 Å². The number of nitrogens with zero attached hydrogens (tertiary/aromatic N) is 1. The zero-order valence-electron chi connectivity index (χ0n) is 7.76. The number of hydrogen-bond donors (Lipinski definition) is 3. The third kappa shape index (κ3) is 5.94. The van der Waals surface area contributed by atoms with Crippen molar-refractivity contribution in [3.63, 3.8) is 0 Å². The van der Waals surface area contributed by atoms with E-state index in [9.17, 15) is 0 Å². The number of hydrogen-bond acceptors (Lipinski definition) is 3. The fourth-order valence-corrected chi connectivity index (χ4v) is 0.648. The monoisotopic (exact) mass is 174 g/mol. The molecule has 0 aromatic heterocycles. The van der Waals surface area contributed by atoms with Gasteiger partial charge < -0.3 is 10.1 Å². The Bertz CT molecular complexity index is 127. The lowest BCUT2D eigenvalue weighted by atomic mass is 10.5. The molecule has 0 fully saturated rings. The molecule has 0 rings (SSSR count). The molecule has 0 amide bonds. The molecule has 0 heterocycles. The Morgan fingerprint density at radius 1 is 1.58 bits per heavy atom. The van der Waals surface area contributed by atoms with E-state index in [1.165, 1.54) is 0 Å². The van der Waals surface area contributed by atoms with Crippen LogP contribution in [0, 0.1) is 0 Å². The van der Waals surface area contributed by atoms with Gasteiger partial charge in [-0.3, -0.25) is 10.4 Å². The highest BCUT2D eigenvalue weighted by Gasteiger charge is 1.92. The summed E-state index contributed by atoms with van der Waals surface area (Å²) in [6.07, 6.45) is 1.01. The van der Waals surface area contributed by atoms with Crippen LogP contribution in [0.15, 0.2) is 4.99 Å². The first-order chi connectivity index (χ1) is 5.85. The summed E-state index contributed by atoms with van der Waals surface area (Å²) in [5.41, 5.74) is 2.48. The van der Waals surface area contributed by atoms with E-state index in [1.54, 1.807) is 7.11 Å². The van der Waals surface area contributed by atoms with Crippen LogP contribution in [0.1, 0.15) is 13.3 Å². The number of ether oxygens (including phenoxy) is 1. The molecule has 0 saturated heterocycles. The molecule has 0 radical (unpaired) electrons. The van der Waals surface area contributed by atoms with Crippen molar-refractivity contribution in [1.29, 1.82) is 0 Å². The molecule has 0 bridgehead atoms. The Kier molecular flexibility index (Phi) is 7.73. The Hall–Kier alpha value is -0.810. The second kappa shape index (κ2) is 8.29. The SMILES string of the molecule is CCCN=C(NN)NCCOC. The second-order valence-electron chi connectivity index (χ2n) is 2.29. The minimum Gasteiger partial charge on any atom is -0.383 e. The third-order valence-corrected chi connectivity index (χ3v) is 1.23. The molecule has 0 saturated carbocycles. The first kappa shape index (κ1) is 11.2. The van der Waals surface area contributed by atoms with Gasteiger partial charge in [-0.2, -0.15) is 0 Å². The molecule has 0 aliphatic heterocycles. The molecule has 5 heteroatoms. The summed E-state index contributed by atoms with van der Waals surface area (Å²) >= 11 is 0. The van der Waals surface area contributed by atoms with Gasteiger partial charge in [0, 0.05) is 20.2 Å². The van der Waals surface area contributed by atoms with Crippen LogP contribution in [0.25, 0.3) is 0 Å². The first-order valence-corrected chi connectivity index (χ1v) is 4.09. The van der Waals surface area contributed by atoms with Crippen molar-refractivity contribution in [3.8, 4) is 0 Å². The number of guanidine groups is 1. The van der Waals surface area contributed by atoms with Gasteiger partial charge in [0.1, 0.15) is 0 Å². The molecular formula is C7H18N4O. The Balaban J connectivity index is 3.52. The molecule has 0 atom stereocenters. The van der Waals surface area contributed by atoms with E-state index in [0.717, 1.165) is 13.0 Å². The number of aliphatic imine (C=N–C) groups is 1. The number of hydrazine groups is 1. The van der Waals surface area contributed by atoms with Crippen molar-refractivity contribution in [2.45, 2.75) is 13.3 Å². The lowest BCUT2D eigenvalue weighted by Gasteiger charge is -2.07. The summed E-state index contributed by atoms with van der Waals surface area (Å²) in [4.78, 5) is 4.15. The van der Waals surface area contributed by atoms with E-state index in [1.807, 2.05) is 0 Å². The fourth-order valence-electron chi connectivity index (χ4n) is 0.648. The maximum absolute atomic E-state index is 5.21. The van der Waals surface area contributed by atoms with Crippen molar-refractivity contribution in [2.75, 3.05) is 26.8 Å². The highest BCUT2D eigenvalue weighted by atomic mass is 16.5. The van der Waals surface area contributed by atoms with Crippen LogP contribution in [0.2, 0.25) is 0 Å². The number of nitrogens with one attached hydrogen (secondary N) is 2. The standard InChI is InChI=1S/C7H18N4O/c1-3-4-9-7(11-8)10-5-6-12-2/h3-6,8H2,1-2H3,(H2,9,10,11). The molecule has 4 N–H and O–H groups in total. The minimum atomic E-state index is 0.619. The third-order valence-electron chi connectivity index (χ3n) is 1.23. The van der Waals surface area contributed by atoms with Crippen LogP contribution in [-0.2, 0) is 4.74 Å². The minimum absolute atomic E-state index is 0.619. The maximum atomic E-state index is 5.21. The normalized spacial score (nSPS) is 11.4. The summed E-state index contributed by atoms with van der Waals surface area (Å²) in [6.45, 7) is 4.20. The van der Waals surface area contributed by atoms with Gasteiger partial charge in [-0.05, 0) is 6.42 Å². The molecule has 0 aromatic rings. The average molecular weight is 174 g/mol. The predicted molar refractivity (Wildman–Crippen MR) is 49.8 cm³/mol. The zero-order valence-corrected chi connectivity index (χ0v) is 7.76. The Morgan fingerprint density at radius 3 is 2.83 bits per heavy atom. The van der Waals surface area contributed by atoms with E-state index in [4.69, 9.17) is 10.6 Å². The van der Waals surface area contributed by atoms with Gasteiger partial charge in [0.25, 0.3) is 0 Å². The van der Waals surface area contributed by atoms with Crippen molar-refractivity contribution in [2.24, 2.45) is 10.8 Å². The van der Waals surface area contributed by atoms with Crippen LogP contribution < -0.4 is 16.6 Å². The number of methoxy groups -OCH3 is 1. The summed E-state index contributed by atoms with van der Waals surface area (Å²) < 4.78 is 4.86. The largest absolute Gasteiger partial charge is 0.383 e. The van der Waals surface area contributed by atoms with Gasteiger partial charge in [-0.25, -0.2) is 5.84 Å². The fraction of sp³-hybridized carbons (Fsp3) is 0.857. The number of rotatable bonds is 5. The smallest absolute Gasteiger partial charge is 0.205 e. The van der Waals surface area contributed by atoms with E-state index < -0.39 is 0 Å². The predicted octanol–water partition coefficient (Wildman–Crippen LogP) is -0.548. The summed E-state index contributed by atoms with van der Waals surface area (Å²) in [7, 11) is 1.65. The van der Waals surface area contributed by atoms with Crippen molar-refractivity contribution in [1.82, 2.24) is 10.7 Å². The highest BCUT2D eigenvalue weighted by Crippen LogP contribution is 1.77. The van der Waals surface area contributed by atoms with Gasteiger partial charge in [0.15, 0.2) is 0 Å². The van der Waals surface area contributed by atoms with Gasteiger partial charge in [0.2, 0.25) is 5.96 Å². The summed E-state index contributed by atoms with van der Waals surface area (Å²) in [5, 5.41) is 2.99. The Morgan fingerprint density at radius 2 is 2.33 bits per heavy atom. The maximum Gasteiger partial charge on any atom is 0.205 e. The van der Waals surface area contributed by atoms with Gasteiger partial charge in [-0.15, -0.1) is 0 Å². The van der Waals surface area contributed by atoms with Gasteiger partial charge >= 0.3 is 0 Å². The van der Waals surface area contributed by atoms with Gasteiger partial charge in [0.05, 0.1) is 6.61 Å². The molecule has 0 aromatic carbocycles.